The van der Waals surface area contributed by atoms with Crippen LogP contribution >= 0.6 is 7.82 Å². The molecule has 1 saturated heterocycles. The molecule has 0 spiro atoms. The normalized spacial score (nSPS) is 19.1. The van der Waals surface area contributed by atoms with Crippen molar-refractivity contribution < 1.29 is 86.0 Å². The van der Waals surface area contributed by atoms with Crippen molar-refractivity contribution in [1.82, 2.24) is 10.0 Å². The van der Waals surface area contributed by atoms with Gasteiger partial charge in [-0.1, -0.05) is 213 Å². The van der Waals surface area contributed by atoms with E-state index < -0.39 is 106 Å². The van der Waals surface area contributed by atoms with E-state index in [1.807, 2.05) is 0 Å². The number of carbonyl (C=O) groups is 1. The third-order valence-electron chi connectivity index (χ3n) is 14.2. The highest BCUT2D eigenvalue weighted by molar-refractivity contribution is 7.93. The van der Waals surface area contributed by atoms with Crippen LogP contribution in [0, 0.1) is 0 Å². The maximum absolute atomic E-state index is 13.2. The van der Waals surface area contributed by atoms with Gasteiger partial charge in [-0.25, -0.2) is 13.1 Å². The molecule has 1 fully saturated rings. The molecule has 1 amide bonds. The van der Waals surface area contributed by atoms with Crippen molar-refractivity contribution in [2.45, 2.75) is 275 Å². The van der Waals surface area contributed by atoms with Crippen LogP contribution in [0.15, 0.2) is 11.5 Å². The molecule has 0 aromatic heterocycles. The number of amides is 1. The number of ether oxygens (including phenoxy) is 5. The van der Waals surface area contributed by atoms with E-state index in [4.69, 9.17) is 37.8 Å². The lowest BCUT2D eigenvalue weighted by Gasteiger charge is -2.29. The molecular formula is C57H112N2O18PS-. The van der Waals surface area contributed by atoms with Crippen molar-refractivity contribution in [2.24, 2.45) is 0 Å². The summed E-state index contributed by atoms with van der Waals surface area (Å²) in [7, 11) is -9.23. The Labute approximate surface area is 476 Å². The summed E-state index contributed by atoms with van der Waals surface area (Å²) in [5.41, 5.74) is 0. The molecule has 1 heterocycles. The van der Waals surface area contributed by atoms with Crippen LogP contribution in [0.2, 0.25) is 0 Å². The molecule has 20 nitrogen and oxygen atoms in total. The van der Waals surface area contributed by atoms with Gasteiger partial charge in [-0.2, -0.15) is 0 Å². The fraction of sp³-hybridized carbons (Fsp3) is 0.947. The minimum Gasteiger partial charge on any atom is -0.756 e. The first-order valence-corrected chi connectivity index (χ1v) is 33.6. The van der Waals surface area contributed by atoms with Crippen molar-refractivity contribution in [1.29, 1.82) is 0 Å². The Morgan fingerprint density at radius 1 is 0.646 bits per heavy atom. The monoisotopic (exact) mass is 1180 g/mol. The molecule has 0 bridgehead atoms. The Kier molecular flexibility index (Phi) is 48.1. The number of nitrogens with one attached hydrogen (secondary N) is 2. The van der Waals surface area contributed by atoms with Gasteiger partial charge in [-0.05, 0) is 12.8 Å². The Morgan fingerprint density at radius 2 is 1.11 bits per heavy atom. The SMILES string of the molecule is C=C(CC(=O)NCCOCCOP(=O)([O-])O[C@@H]1C(O)[C@H](OCC(O)C(O)C(O)CO)O[C@@H]1CO)S(=O)(=O)NCC(COCCCCCCCCCCCCCCCCCC)OCCCCCCCCCCCCCCCCCC. The molecule has 1 aliphatic rings. The fourth-order valence-corrected chi connectivity index (χ4v) is 11.1. The Morgan fingerprint density at radius 3 is 1.58 bits per heavy atom. The summed E-state index contributed by atoms with van der Waals surface area (Å²) in [4.78, 5) is 24.8. The van der Waals surface area contributed by atoms with E-state index in [0.717, 1.165) is 32.1 Å². The second-order valence-corrected chi connectivity index (χ2v) is 24.6. The summed E-state index contributed by atoms with van der Waals surface area (Å²) in [6, 6.07) is 0. The van der Waals surface area contributed by atoms with E-state index in [-0.39, 0.29) is 37.8 Å². The topological polar surface area (TPSA) is 301 Å². The molecule has 0 aromatic rings. The number of phosphoric acid groups is 1. The van der Waals surface area contributed by atoms with E-state index >= 15 is 0 Å². The summed E-state index contributed by atoms with van der Waals surface area (Å²) >= 11 is 0. The smallest absolute Gasteiger partial charge is 0.268 e. The van der Waals surface area contributed by atoms with Gasteiger partial charge in [0.25, 0.3) is 7.82 Å². The van der Waals surface area contributed by atoms with Crippen molar-refractivity contribution in [3.63, 3.8) is 0 Å². The summed E-state index contributed by atoms with van der Waals surface area (Å²) in [6.07, 6.45) is 28.1. The van der Waals surface area contributed by atoms with Crippen LogP contribution in [0.4, 0.5) is 0 Å². The first kappa shape index (κ1) is 75.8. The predicted octanol–water partition coefficient (Wildman–Crippen LogP) is 7.91. The summed E-state index contributed by atoms with van der Waals surface area (Å²) in [5, 5.41) is 60.9. The quantitative estimate of drug-likeness (QED) is 0.0212. The van der Waals surface area contributed by atoms with E-state index in [2.05, 4.69) is 30.5 Å². The van der Waals surface area contributed by atoms with Gasteiger partial charge in [0, 0.05) is 26.3 Å². The van der Waals surface area contributed by atoms with Crippen LogP contribution < -0.4 is 14.9 Å². The number of sulfonamides is 1. The van der Waals surface area contributed by atoms with Crippen molar-refractivity contribution in [3.8, 4) is 0 Å². The predicted molar refractivity (Wildman–Crippen MR) is 305 cm³/mol. The fourth-order valence-electron chi connectivity index (χ4n) is 9.20. The largest absolute Gasteiger partial charge is 0.756 e. The Hall–Kier alpha value is -1.21. The van der Waals surface area contributed by atoms with Crippen molar-refractivity contribution in [3.05, 3.63) is 11.5 Å². The maximum Gasteiger partial charge on any atom is 0.268 e. The number of aliphatic hydroxyl groups is 6. The van der Waals surface area contributed by atoms with Gasteiger partial charge in [0.15, 0.2) is 6.29 Å². The van der Waals surface area contributed by atoms with Gasteiger partial charge < -0.3 is 73.6 Å². The van der Waals surface area contributed by atoms with Gasteiger partial charge in [0.05, 0.1) is 63.7 Å². The van der Waals surface area contributed by atoms with Crippen molar-refractivity contribution in [2.75, 3.05) is 72.6 Å². The molecule has 6 unspecified atom stereocenters. The summed E-state index contributed by atoms with van der Waals surface area (Å²) < 4.78 is 79.1. The second kappa shape index (κ2) is 50.1. The number of unbranched alkanes of at least 4 members (excludes halogenated alkanes) is 30. The van der Waals surface area contributed by atoms with Crippen LogP contribution in [0.1, 0.15) is 226 Å². The van der Waals surface area contributed by atoms with Crippen LogP contribution in [0.3, 0.4) is 0 Å². The van der Waals surface area contributed by atoms with E-state index in [1.165, 1.54) is 173 Å². The summed E-state index contributed by atoms with van der Waals surface area (Å²) in [5.74, 6) is -0.627. The van der Waals surface area contributed by atoms with Gasteiger partial charge in [-0.15, -0.1) is 0 Å². The van der Waals surface area contributed by atoms with E-state index in [9.17, 15) is 48.2 Å². The molecule has 79 heavy (non-hydrogen) atoms. The number of hydrogen-bond acceptors (Lipinski definition) is 18. The molecule has 9 atom stereocenters. The number of phosphoric ester groups is 1. The van der Waals surface area contributed by atoms with E-state index in [0.29, 0.717) is 13.2 Å². The Bertz CT molecular complexity index is 1610. The highest BCUT2D eigenvalue weighted by Crippen LogP contribution is 2.43. The molecule has 470 valence electrons. The average molecular weight is 1180 g/mol. The zero-order valence-corrected chi connectivity index (χ0v) is 50.6. The Balaban J connectivity index is 2.43. The summed E-state index contributed by atoms with van der Waals surface area (Å²) in [6.45, 7) is 6.10. The van der Waals surface area contributed by atoms with Crippen LogP contribution in [-0.2, 0) is 52.1 Å². The highest BCUT2D eigenvalue weighted by Gasteiger charge is 2.47. The van der Waals surface area contributed by atoms with E-state index in [1.54, 1.807) is 0 Å². The third-order valence-corrected chi connectivity index (χ3v) is 16.7. The van der Waals surface area contributed by atoms with Gasteiger partial charge >= 0.3 is 0 Å². The molecule has 8 N–H and O–H groups in total. The average Bonchev–Trinajstić information content (AvgIpc) is 3.76. The number of aliphatic hydroxyl groups excluding tert-OH is 6. The number of rotatable bonds is 59. The standard InChI is InChI=1S/C57H113N2O18PS/c1-4-6-8-10-12-14-16-18-20-22-24-26-28-30-32-34-37-72-46-49(73-38-35-33-31-29-27-25-23-21-19-17-15-13-11-9-7-5-2)43-59-79(69,70)48(3)42-53(64)58-36-39-71-40-41-75-78(67,68)77-56-52(45-61)76-57(55(56)66)74-47-51(63)54(65)50(62)44-60/h49-52,54-57,59-63,65-66H,3-47H2,1-2H3,(H,58,64)(H,67,68)/p-1/t49?,50?,51?,52-,54?,55?,56+,57-/m1/s1. The lowest BCUT2D eigenvalue weighted by Crippen LogP contribution is -2.43. The first-order valence-electron chi connectivity index (χ1n) is 30.7. The van der Waals surface area contributed by atoms with Crippen LogP contribution in [0.25, 0.3) is 0 Å². The first-order chi connectivity index (χ1) is 38.1. The minimum atomic E-state index is -5.13. The zero-order valence-electron chi connectivity index (χ0n) is 48.9. The molecule has 0 aliphatic carbocycles. The van der Waals surface area contributed by atoms with Gasteiger partial charge in [0.2, 0.25) is 15.9 Å². The zero-order chi connectivity index (χ0) is 58.3. The second-order valence-electron chi connectivity index (χ2n) is 21.4. The van der Waals surface area contributed by atoms with Crippen molar-refractivity contribution >= 4 is 23.8 Å². The van der Waals surface area contributed by atoms with Crippen LogP contribution in [-0.4, -0.2) is 167 Å². The molecule has 1 rings (SSSR count). The van der Waals surface area contributed by atoms with Gasteiger partial charge in [-0.3, -0.25) is 9.36 Å². The molecule has 0 aromatic carbocycles. The number of carbonyl (C=O) groups excluding carboxylic acids is 1. The minimum absolute atomic E-state index is 0.0417. The maximum atomic E-state index is 13.2. The highest BCUT2D eigenvalue weighted by atomic mass is 32.2. The molecule has 22 heteroatoms. The molecular weight excluding hydrogens is 1060 g/mol. The molecule has 0 saturated carbocycles. The molecule has 0 radical (unpaired) electrons. The van der Waals surface area contributed by atoms with Crippen LogP contribution in [0.5, 0.6) is 0 Å². The molecule has 1 aliphatic heterocycles. The lowest BCUT2D eigenvalue weighted by atomic mass is 10.0. The van der Waals surface area contributed by atoms with Gasteiger partial charge in [0.1, 0.15) is 36.6 Å². The number of hydrogen-bond donors (Lipinski definition) is 8. The third kappa shape index (κ3) is 40.7. The lowest BCUT2D eigenvalue weighted by molar-refractivity contribution is -0.234.